The highest BCUT2D eigenvalue weighted by atomic mass is 16.5. The lowest BCUT2D eigenvalue weighted by Gasteiger charge is -2.19. The summed E-state index contributed by atoms with van der Waals surface area (Å²) in [6, 6.07) is 8.78. The highest BCUT2D eigenvalue weighted by Gasteiger charge is 2.20. The van der Waals surface area contributed by atoms with Crippen molar-refractivity contribution in [3.63, 3.8) is 0 Å². The second-order valence-corrected chi connectivity index (χ2v) is 7.03. The molecule has 156 valence electrons. The average molecular weight is 399 g/mol. The van der Waals surface area contributed by atoms with Gasteiger partial charge in [0, 0.05) is 18.3 Å². The van der Waals surface area contributed by atoms with E-state index < -0.39 is 5.97 Å². The molecule has 2 aromatic rings. The molecule has 0 saturated carbocycles. The number of pyridine rings is 1. The molecular weight excluding hydrogens is 368 g/mol. The number of anilines is 1. The molecule has 1 heterocycles. The Hall–Kier alpha value is -2.89. The molecule has 1 N–H and O–H groups in total. The number of esters is 1. The largest absolute Gasteiger partial charge is 0.495 e. The van der Waals surface area contributed by atoms with E-state index in [2.05, 4.69) is 17.2 Å². The van der Waals surface area contributed by atoms with Crippen LogP contribution in [-0.2, 0) is 9.53 Å². The number of hydrogen-bond acceptors (Lipinski definition) is 5. The highest BCUT2D eigenvalue weighted by molar-refractivity contribution is 5.96. The predicted molar refractivity (Wildman–Crippen MR) is 113 cm³/mol. The van der Waals surface area contributed by atoms with Gasteiger partial charge in [0.05, 0.1) is 25.5 Å². The number of hydrogen-bond donors (Lipinski definition) is 1. The second-order valence-electron chi connectivity index (χ2n) is 7.03. The van der Waals surface area contributed by atoms with E-state index in [1.807, 2.05) is 19.1 Å². The number of ether oxygens (including phenoxy) is 2. The molecule has 0 radical (unpaired) electrons. The molecule has 6 heteroatoms. The number of carbonyl (C=O) groups excluding carboxylic acids is 2. The van der Waals surface area contributed by atoms with Gasteiger partial charge in [0.25, 0.3) is 0 Å². The van der Waals surface area contributed by atoms with Gasteiger partial charge in [0.15, 0.2) is 0 Å². The zero-order valence-corrected chi connectivity index (χ0v) is 17.7. The maximum absolute atomic E-state index is 12.9. The number of aryl methyl sites for hydroxylation is 1. The summed E-state index contributed by atoms with van der Waals surface area (Å²) < 4.78 is 10.1. The van der Waals surface area contributed by atoms with Crippen molar-refractivity contribution in [1.29, 1.82) is 0 Å². The first-order valence-corrected chi connectivity index (χ1v) is 9.97. The van der Waals surface area contributed by atoms with E-state index in [1.54, 1.807) is 24.4 Å². The molecule has 0 bridgehead atoms. The Morgan fingerprint density at radius 1 is 1.17 bits per heavy atom. The lowest BCUT2D eigenvalue weighted by molar-refractivity contribution is -0.116. The normalized spacial score (nSPS) is 11.6. The van der Waals surface area contributed by atoms with E-state index in [9.17, 15) is 9.59 Å². The molecule has 6 nitrogen and oxygen atoms in total. The summed E-state index contributed by atoms with van der Waals surface area (Å²) >= 11 is 0. The Kier molecular flexibility index (Phi) is 8.65. The summed E-state index contributed by atoms with van der Waals surface area (Å²) in [5.41, 5.74) is 2.86. The average Bonchev–Trinajstić information content (AvgIpc) is 2.73. The molecule has 1 unspecified atom stereocenters. The Bertz CT molecular complexity index is 835. The third-order valence-corrected chi connectivity index (χ3v) is 4.97. The van der Waals surface area contributed by atoms with Gasteiger partial charge in [-0.25, -0.2) is 4.79 Å². The van der Waals surface area contributed by atoms with Crippen molar-refractivity contribution in [2.75, 3.05) is 19.5 Å². The summed E-state index contributed by atoms with van der Waals surface area (Å²) in [6.45, 7) is 4.14. The van der Waals surface area contributed by atoms with Crippen molar-refractivity contribution in [1.82, 2.24) is 4.98 Å². The van der Waals surface area contributed by atoms with E-state index >= 15 is 0 Å². The van der Waals surface area contributed by atoms with Gasteiger partial charge in [-0.2, -0.15) is 0 Å². The number of rotatable bonds is 10. The number of amides is 1. The van der Waals surface area contributed by atoms with Gasteiger partial charge in [0.2, 0.25) is 5.91 Å². The smallest absolute Gasteiger partial charge is 0.337 e. The number of methoxy groups -OCH3 is 2. The van der Waals surface area contributed by atoms with Crippen LogP contribution in [0.15, 0.2) is 36.5 Å². The summed E-state index contributed by atoms with van der Waals surface area (Å²) in [5.74, 6) is -0.0159. The minimum Gasteiger partial charge on any atom is -0.495 e. The monoisotopic (exact) mass is 398 g/mol. The first-order valence-electron chi connectivity index (χ1n) is 9.97. The maximum Gasteiger partial charge on any atom is 0.337 e. The third-order valence-electron chi connectivity index (χ3n) is 4.97. The van der Waals surface area contributed by atoms with Gasteiger partial charge in [0.1, 0.15) is 5.75 Å². The number of benzene rings is 1. The van der Waals surface area contributed by atoms with E-state index in [-0.39, 0.29) is 11.8 Å². The van der Waals surface area contributed by atoms with Crippen LogP contribution >= 0.6 is 0 Å². The molecule has 0 aliphatic carbocycles. The minimum atomic E-state index is -0.466. The van der Waals surface area contributed by atoms with Crippen LogP contribution < -0.4 is 10.1 Å². The molecule has 0 aliphatic heterocycles. The van der Waals surface area contributed by atoms with Crippen LogP contribution in [0.3, 0.4) is 0 Å². The molecule has 1 aromatic heterocycles. The Morgan fingerprint density at radius 2 is 1.97 bits per heavy atom. The van der Waals surface area contributed by atoms with Crippen molar-refractivity contribution in [2.45, 2.75) is 51.9 Å². The molecule has 2 rings (SSSR count). The highest BCUT2D eigenvalue weighted by Crippen LogP contribution is 2.30. The molecule has 0 fully saturated rings. The maximum atomic E-state index is 12.9. The van der Waals surface area contributed by atoms with Gasteiger partial charge in [-0.05, 0) is 49.1 Å². The van der Waals surface area contributed by atoms with Gasteiger partial charge >= 0.3 is 5.97 Å². The van der Waals surface area contributed by atoms with Gasteiger partial charge < -0.3 is 14.8 Å². The lowest BCUT2D eigenvalue weighted by atomic mass is 9.89. The summed E-state index contributed by atoms with van der Waals surface area (Å²) in [7, 11) is 2.84. The Balaban J connectivity index is 2.19. The fraction of sp³-hybridized carbons (Fsp3) is 0.435. The number of nitrogens with one attached hydrogen (secondary N) is 1. The fourth-order valence-corrected chi connectivity index (χ4v) is 3.41. The van der Waals surface area contributed by atoms with Crippen molar-refractivity contribution >= 4 is 17.6 Å². The number of carbonyl (C=O) groups is 2. The van der Waals surface area contributed by atoms with Crippen molar-refractivity contribution in [2.24, 2.45) is 0 Å². The van der Waals surface area contributed by atoms with Crippen LogP contribution in [0.1, 0.15) is 66.6 Å². The van der Waals surface area contributed by atoms with Crippen LogP contribution in [0, 0.1) is 6.92 Å². The van der Waals surface area contributed by atoms with E-state index in [0.717, 1.165) is 36.9 Å². The first kappa shape index (κ1) is 22.4. The lowest BCUT2D eigenvalue weighted by Crippen LogP contribution is -2.17. The fourth-order valence-electron chi connectivity index (χ4n) is 3.41. The van der Waals surface area contributed by atoms with Crippen molar-refractivity contribution in [3.8, 4) is 5.75 Å². The molecule has 0 spiro atoms. The predicted octanol–water partition coefficient (Wildman–Crippen LogP) is 4.88. The molecule has 29 heavy (non-hydrogen) atoms. The molecule has 0 saturated heterocycles. The number of nitrogens with zero attached hydrogens (tertiary/aromatic N) is 1. The number of aromatic nitrogens is 1. The topological polar surface area (TPSA) is 77.5 Å². The molecule has 1 amide bonds. The standard InChI is InChI=1S/C23H30N2O4/c1-5-6-7-9-17(19-10-8-13-24-16(19)2)15-22(26)25-20-14-18(23(27)29-4)11-12-21(20)28-3/h8,10-14,17H,5-7,9,15H2,1-4H3,(H,25,26). The quantitative estimate of drug-likeness (QED) is 0.456. The molecular formula is C23H30N2O4. The summed E-state index contributed by atoms with van der Waals surface area (Å²) in [4.78, 5) is 29.1. The van der Waals surface area contributed by atoms with Crippen LogP contribution in [0.4, 0.5) is 5.69 Å². The Morgan fingerprint density at radius 3 is 2.62 bits per heavy atom. The summed E-state index contributed by atoms with van der Waals surface area (Å²) in [6.07, 6.45) is 6.35. The van der Waals surface area contributed by atoms with Gasteiger partial charge in [-0.1, -0.05) is 32.3 Å². The molecule has 1 atom stereocenters. The van der Waals surface area contributed by atoms with E-state index in [4.69, 9.17) is 9.47 Å². The summed E-state index contributed by atoms with van der Waals surface area (Å²) in [5, 5.41) is 2.90. The van der Waals surface area contributed by atoms with Crippen LogP contribution in [0.2, 0.25) is 0 Å². The van der Waals surface area contributed by atoms with E-state index in [1.165, 1.54) is 14.2 Å². The van der Waals surface area contributed by atoms with Gasteiger partial charge in [-0.15, -0.1) is 0 Å². The van der Waals surface area contributed by atoms with E-state index in [0.29, 0.717) is 23.4 Å². The molecule has 0 aliphatic rings. The van der Waals surface area contributed by atoms with Gasteiger partial charge in [-0.3, -0.25) is 9.78 Å². The van der Waals surface area contributed by atoms with Crippen LogP contribution in [0.25, 0.3) is 0 Å². The Labute approximate surface area is 172 Å². The van der Waals surface area contributed by atoms with Crippen LogP contribution in [-0.4, -0.2) is 31.1 Å². The van der Waals surface area contributed by atoms with Crippen molar-refractivity contribution in [3.05, 3.63) is 53.3 Å². The van der Waals surface area contributed by atoms with Crippen molar-refractivity contribution < 1.29 is 19.1 Å². The third kappa shape index (κ3) is 6.31. The van der Waals surface area contributed by atoms with Crippen LogP contribution in [0.5, 0.6) is 5.75 Å². The first-order chi connectivity index (χ1) is 14.0. The molecule has 1 aromatic carbocycles. The minimum absolute atomic E-state index is 0.0880. The zero-order chi connectivity index (χ0) is 21.2. The zero-order valence-electron chi connectivity index (χ0n) is 17.7. The number of unbranched alkanes of at least 4 members (excludes halogenated alkanes) is 2. The SMILES string of the molecule is CCCCCC(CC(=O)Nc1cc(C(=O)OC)ccc1OC)c1cccnc1C. The second kappa shape index (κ2) is 11.2.